The molecule has 2 rings (SSSR count). The average Bonchev–Trinajstić information content (AvgIpc) is 2.65. The van der Waals surface area contributed by atoms with E-state index in [1.807, 2.05) is 0 Å². The molecule has 0 aliphatic heterocycles. The Balaban J connectivity index is 2.07. The summed E-state index contributed by atoms with van der Waals surface area (Å²) in [7, 11) is 0. The molecule has 8 nitrogen and oxygen atoms in total. The van der Waals surface area contributed by atoms with Gasteiger partial charge in [0.05, 0.1) is 11.4 Å². The first-order valence-corrected chi connectivity index (χ1v) is 9.37. The van der Waals surface area contributed by atoms with Crippen molar-refractivity contribution in [1.82, 2.24) is 10.7 Å². The van der Waals surface area contributed by atoms with E-state index in [-0.39, 0.29) is 5.69 Å². The first-order chi connectivity index (χ1) is 14.5. The molecule has 3 amide bonds. The van der Waals surface area contributed by atoms with E-state index in [1.54, 1.807) is 20.8 Å². The molecule has 2 aromatic rings. The highest BCUT2D eigenvalue weighted by Gasteiger charge is 2.23. The van der Waals surface area contributed by atoms with Crippen LogP contribution in [0.15, 0.2) is 42.5 Å². The van der Waals surface area contributed by atoms with Gasteiger partial charge < -0.3 is 15.4 Å². The van der Waals surface area contributed by atoms with Crippen molar-refractivity contribution >= 4 is 29.3 Å². The van der Waals surface area contributed by atoms with Crippen LogP contribution >= 0.6 is 0 Å². The minimum atomic E-state index is -1.02. The number of nitrogens with one attached hydrogen (secondary N) is 4. The Bertz CT molecular complexity index is 959. The highest BCUT2D eigenvalue weighted by atomic mass is 19.1. The van der Waals surface area contributed by atoms with E-state index in [2.05, 4.69) is 21.5 Å². The third kappa shape index (κ3) is 7.25. The molecule has 0 heterocycles. The molecule has 0 aliphatic carbocycles. The van der Waals surface area contributed by atoms with Gasteiger partial charge in [-0.05, 0) is 64.1 Å². The zero-order chi connectivity index (χ0) is 23.2. The highest BCUT2D eigenvalue weighted by Crippen LogP contribution is 2.19. The second-order valence-corrected chi connectivity index (χ2v) is 7.61. The van der Waals surface area contributed by atoms with Crippen LogP contribution in [0.25, 0.3) is 0 Å². The molecule has 1 atom stereocenters. The van der Waals surface area contributed by atoms with Crippen LogP contribution in [0.2, 0.25) is 0 Å². The quantitative estimate of drug-likeness (QED) is 0.520. The maximum atomic E-state index is 14.3. The summed E-state index contributed by atoms with van der Waals surface area (Å²) in [6.07, 6.45) is -0.796. The molecule has 0 aromatic heterocycles. The number of hydrogen-bond donors (Lipinski definition) is 4. The lowest BCUT2D eigenvalue weighted by Gasteiger charge is -2.22. The summed E-state index contributed by atoms with van der Waals surface area (Å²) >= 11 is 0. The van der Waals surface area contributed by atoms with Gasteiger partial charge >= 0.3 is 6.09 Å². The molecule has 166 valence electrons. The van der Waals surface area contributed by atoms with Crippen molar-refractivity contribution in [2.45, 2.75) is 39.3 Å². The largest absolute Gasteiger partial charge is 0.444 e. The molecule has 10 heteroatoms. The van der Waals surface area contributed by atoms with Gasteiger partial charge in [-0.2, -0.15) is 0 Å². The maximum absolute atomic E-state index is 14.3. The van der Waals surface area contributed by atoms with Crippen molar-refractivity contribution < 1.29 is 27.9 Å². The van der Waals surface area contributed by atoms with Crippen molar-refractivity contribution in [3.63, 3.8) is 0 Å². The molecule has 0 saturated carbocycles. The van der Waals surface area contributed by atoms with Gasteiger partial charge in [0.1, 0.15) is 28.8 Å². The Morgan fingerprint density at radius 2 is 1.65 bits per heavy atom. The predicted molar refractivity (Wildman–Crippen MR) is 111 cm³/mol. The van der Waals surface area contributed by atoms with Crippen LogP contribution in [-0.4, -0.2) is 29.6 Å². The lowest BCUT2D eigenvalue weighted by atomic mass is 10.1. The van der Waals surface area contributed by atoms with Gasteiger partial charge in [-0.25, -0.2) is 13.6 Å². The van der Waals surface area contributed by atoms with Crippen LogP contribution in [0.4, 0.5) is 25.0 Å². The number of carbonyl (C=O) groups excluding carboxylic acids is 3. The second-order valence-electron chi connectivity index (χ2n) is 7.61. The Morgan fingerprint density at radius 3 is 2.26 bits per heavy atom. The lowest BCUT2D eigenvalue weighted by molar-refractivity contribution is -0.117. The Morgan fingerprint density at radius 1 is 1.00 bits per heavy atom. The highest BCUT2D eigenvalue weighted by molar-refractivity contribution is 6.05. The van der Waals surface area contributed by atoms with Crippen LogP contribution in [0.3, 0.4) is 0 Å². The van der Waals surface area contributed by atoms with Crippen LogP contribution < -0.4 is 21.5 Å². The Labute approximate surface area is 178 Å². The van der Waals surface area contributed by atoms with Crippen molar-refractivity contribution in [1.29, 1.82) is 0 Å². The van der Waals surface area contributed by atoms with Gasteiger partial charge in [0, 0.05) is 0 Å². The molecular formula is C21H24F2N4O4. The minimum Gasteiger partial charge on any atom is -0.444 e. The van der Waals surface area contributed by atoms with Crippen molar-refractivity contribution in [2.75, 3.05) is 10.7 Å². The monoisotopic (exact) mass is 434 g/mol. The van der Waals surface area contributed by atoms with Crippen LogP contribution in [0.5, 0.6) is 0 Å². The van der Waals surface area contributed by atoms with E-state index in [0.717, 1.165) is 6.07 Å². The minimum absolute atomic E-state index is 0.0961. The summed E-state index contributed by atoms with van der Waals surface area (Å²) in [6.45, 7) is 6.44. The Kier molecular flexibility index (Phi) is 7.51. The van der Waals surface area contributed by atoms with Crippen LogP contribution in [0.1, 0.15) is 38.1 Å². The van der Waals surface area contributed by atoms with Crippen LogP contribution in [-0.2, 0) is 9.53 Å². The molecule has 2 aromatic carbocycles. The molecule has 0 radical (unpaired) electrons. The number of ether oxygens (including phenoxy) is 1. The summed E-state index contributed by atoms with van der Waals surface area (Å²) in [5.41, 5.74) is 3.92. The SMILES string of the molecule is C[C@H](NC(=O)OC(C)(C)C)C(=O)Nc1cccc(F)c1C(=O)NNc1ccc(F)cc1. The number of halogens is 2. The maximum Gasteiger partial charge on any atom is 0.408 e. The fourth-order valence-corrected chi connectivity index (χ4v) is 2.37. The summed E-state index contributed by atoms with van der Waals surface area (Å²) in [5, 5.41) is 4.78. The number of anilines is 2. The summed E-state index contributed by atoms with van der Waals surface area (Å²) in [4.78, 5) is 36.7. The average molecular weight is 434 g/mol. The number of alkyl carbamates (subject to hydrolysis) is 1. The number of amides is 3. The van der Waals surface area contributed by atoms with Gasteiger partial charge in [-0.3, -0.25) is 20.4 Å². The molecule has 0 unspecified atom stereocenters. The zero-order valence-electron chi connectivity index (χ0n) is 17.5. The van der Waals surface area contributed by atoms with Crippen LogP contribution in [0, 0.1) is 11.6 Å². The van der Waals surface area contributed by atoms with Crippen molar-refractivity contribution in [3.8, 4) is 0 Å². The molecule has 31 heavy (non-hydrogen) atoms. The first-order valence-electron chi connectivity index (χ1n) is 9.37. The van der Waals surface area contributed by atoms with Gasteiger partial charge in [-0.15, -0.1) is 0 Å². The van der Waals surface area contributed by atoms with E-state index < -0.39 is 46.7 Å². The fraction of sp³-hybridized carbons (Fsp3) is 0.286. The first kappa shape index (κ1) is 23.6. The molecule has 0 bridgehead atoms. The molecule has 0 saturated heterocycles. The summed E-state index contributed by atoms with van der Waals surface area (Å²) in [6, 6.07) is 7.82. The van der Waals surface area contributed by atoms with E-state index in [4.69, 9.17) is 4.74 Å². The van der Waals surface area contributed by atoms with Crippen molar-refractivity contribution in [3.05, 3.63) is 59.7 Å². The number of benzene rings is 2. The summed E-state index contributed by atoms with van der Waals surface area (Å²) < 4.78 is 32.4. The molecule has 0 spiro atoms. The summed E-state index contributed by atoms with van der Waals surface area (Å²) in [5.74, 6) is -2.88. The molecule has 0 aliphatic rings. The third-order valence-electron chi connectivity index (χ3n) is 3.79. The molecular weight excluding hydrogens is 410 g/mol. The van der Waals surface area contributed by atoms with E-state index in [1.165, 1.54) is 43.3 Å². The standard InChI is InChI=1S/C21H24F2N4O4/c1-12(24-20(30)31-21(2,3)4)18(28)25-16-7-5-6-15(23)17(16)19(29)27-26-14-10-8-13(22)9-11-14/h5-12,26H,1-4H3,(H,24,30)(H,25,28)(H,27,29)/t12-/m0/s1. The van der Waals surface area contributed by atoms with E-state index in [9.17, 15) is 23.2 Å². The number of rotatable bonds is 6. The van der Waals surface area contributed by atoms with Gasteiger partial charge in [-0.1, -0.05) is 6.07 Å². The topological polar surface area (TPSA) is 109 Å². The molecule has 0 fully saturated rings. The second kappa shape index (κ2) is 9.88. The number of hydrogen-bond acceptors (Lipinski definition) is 5. The van der Waals surface area contributed by atoms with E-state index in [0.29, 0.717) is 5.69 Å². The molecule has 4 N–H and O–H groups in total. The van der Waals surface area contributed by atoms with Gasteiger partial charge in [0.25, 0.3) is 5.91 Å². The lowest BCUT2D eigenvalue weighted by Crippen LogP contribution is -2.44. The van der Waals surface area contributed by atoms with E-state index >= 15 is 0 Å². The predicted octanol–water partition coefficient (Wildman–Crippen LogP) is 3.57. The fourth-order valence-electron chi connectivity index (χ4n) is 2.37. The zero-order valence-corrected chi connectivity index (χ0v) is 17.5. The van der Waals surface area contributed by atoms with Gasteiger partial charge in [0.2, 0.25) is 5.91 Å². The number of hydrazine groups is 1. The Hall–Kier alpha value is -3.69. The third-order valence-corrected chi connectivity index (χ3v) is 3.79. The normalized spacial score (nSPS) is 11.8. The number of carbonyl (C=O) groups is 3. The smallest absolute Gasteiger partial charge is 0.408 e. The van der Waals surface area contributed by atoms with Gasteiger partial charge in [0.15, 0.2) is 0 Å². The van der Waals surface area contributed by atoms with Crippen molar-refractivity contribution in [2.24, 2.45) is 0 Å².